The Labute approximate surface area is 477 Å². The number of allylic oxidation sites excluding steroid dienone is 16. The topological polar surface area (TPSA) is 228 Å². The molecule has 0 bridgehead atoms. The molecule has 2 fully saturated rings. The highest BCUT2D eigenvalue weighted by molar-refractivity contribution is 5.76. The molecule has 0 radical (unpaired) electrons. The van der Waals surface area contributed by atoms with Crippen molar-refractivity contribution in [3.63, 3.8) is 0 Å². The highest BCUT2D eigenvalue weighted by Crippen LogP contribution is 2.30. The van der Waals surface area contributed by atoms with Crippen LogP contribution in [0.5, 0.6) is 0 Å². The molecule has 0 aromatic carbocycles. The average molecular weight is 1110 g/mol. The van der Waals surface area contributed by atoms with E-state index in [1.54, 1.807) is 0 Å². The van der Waals surface area contributed by atoms with Crippen molar-refractivity contribution in [3.05, 3.63) is 97.2 Å². The molecule has 14 nitrogen and oxygen atoms in total. The minimum Gasteiger partial charge on any atom is -0.394 e. The molecule has 1 amide bonds. The Balaban J connectivity index is 1.67. The van der Waals surface area contributed by atoms with Crippen molar-refractivity contribution in [1.82, 2.24) is 5.32 Å². The molecule has 14 heteroatoms. The summed E-state index contributed by atoms with van der Waals surface area (Å²) in [6.45, 7) is 2.72. The van der Waals surface area contributed by atoms with Crippen LogP contribution in [0.1, 0.15) is 213 Å². The number of hydrogen-bond acceptors (Lipinski definition) is 13. The van der Waals surface area contributed by atoms with E-state index < -0.39 is 86.8 Å². The Morgan fingerprint density at radius 1 is 0.468 bits per heavy atom. The fourth-order valence-electron chi connectivity index (χ4n) is 9.61. The van der Waals surface area contributed by atoms with E-state index in [1.807, 2.05) is 0 Å². The van der Waals surface area contributed by atoms with Gasteiger partial charge >= 0.3 is 0 Å². The van der Waals surface area contributed by atoms with E-state index in [-0.39, 0.29) is 18.9 Å². The molecule has 0 aromatic heterocycles. The summed E-state index contributed by atoms with van der Waals surface area (Å²) < 4.78 is 22.8. The summed E-state index contributed by atoms with van der Waals surface area (Å²) in [5.41, 5.74) is 0. The van der Waals surface area contributed by atoms with Crippen LogP contribution in [0.3, 0.4) is 0 Å². The molecule has 79 heavy (non-hydrogen) atoms. The Kier molecular flexibility index (Phi) is 45.1. The predicted molar refractivity (Wildman–Crippen MR) is 318 cm³/mol. The molecule has 12 unspecified atom stereocenters. The zero-order valence-electron chi connectivity index (χ0n) is 48.8. The Morgan fingerprint density at radius 2 is 0.873 bits per heavy atom. The molecule has 2 saturated heterocycles. The second-order valence-electron chi connectivity index (χ2n) is 21.5. The molecule has 2 aliphatic heterocycles. The largest absolute Gasteiger partial charge is 0.394 e. The number of unbranched alkanes of at least 4 members (excludes halogenated alkanes) is 19. The van der Waals surface area contributed by atoms with Crippen LogP contribution in [-0.2, 0) is 23.7 Å². The van der Waals surface area contributed by atoms with Gasteiger partial charge in [0.25, 0.3) is 0 Å². The molecule has 0 spiro atoms. The number of carbonyl (C=O) groups excluding carboxylic acids is 1. The number of amides is 1. The van der Waals surface area contributed by atoms with Gasteiger partial charge in [-0.1, -0.05) is 227 Å². The van der Waals surface area contributed by atoms with E-state index in [0.717, 1.165) is 103 Å². The molecule has 2 heterocycles. The molecular formula is C65H111NO13. The number of ether oxygens (including phenoxy) is 4. The normalized spacial score (nSPS) is 25.1. The van der Waals surface area contributed by atoms with Crippen molar-refractivity contribution in [2.24, 2.45) is 0 Å². The highest BCUT2D eigenvalue weighted by atomic mass is 16.7. The van der Waals surface area contributed by atoms with Gasteiger partial charge in [0, 0.05) is 6.42 Å². The van der Waals surface area contributed by atoms with Crippen molar-refractivity contribution < 1.29 is 64.6 Å². The minimum atomic E-state index is -1.79. The van der Waals surface area contributed by atoms with E-state index in [9.17, 15) is 45.6 Å². The van der Waals surface area contributed by atoms with Gasteiger partial charge in [0.05, 0.1) is 32.0 Å². The summed E-state index contributed by atoms with van der Waals surface area (Å²) in [5.74, 6) is -0.220. The second-order valence-corrected chi connectivity index (χ2v) is 21.5. The zero-order valence-corrected chi connectivity index (χ0v) is 48.8. The third-order valence-electron chi connectivity index (χ3n) is 14.6. The molecule has 12 atom stereocenters. The smallest absolute Gasteiger partial charge is 0.220 e. The standard InChI is InChI=1S/C65H111NO13/c1-3-5-7-9-11-13-15-17-18-19-20-21-22-23-24-25-26-27-28-29-30-31-32-33-34-35-36-37-39-41-43-45-47-49-57(70)66-53(54(69)48-46-44-42-40-38-16-14-12-10-8-6-4-2)52-76-64-62(75)60(73)63(56(51-68)78-64)79-65-61(74)59(72)58(71)55(50-67)77-65/h5,7,11,13,17-18,20-21,23-24,26-27,29-30,32-33,53-56,58-65,67-69,71-75H,3-4,6,8-10,12,14-16,19,22,25,28,31,34-52H2,1-2H3,(H,66,70)/b7-5-,13-11-,18-17-,21-20-,24-23-,27-26-,30-29-,33-32-. The van der Waals surface area contributed by atoms with E-state index in [2.05, 4.69) is 116 Å². The Morgan fingerprint density at radius 3 is 1.34 bits per heavy atom. The maximum Gasteiger partial charge on any atom is 0.220 e. The quantitative estimate of drug-likeness (QED) is 0.0204. The summed E-state index contributed by atoms with van der Waals surface area (Å²) in [7, 11) is 0. The maximum atomic E-state index is 13.3. The monoisotopic (exact) mass is 1110 g/mol. The van der Waals surface area contributed by atoms with Gasteiger partial charge in [0.15, 0.2) is 12.6 Å². The van der Waals surface area contributed by atoms with E-state index in [4.69, 9.17) is 18.9 Å². The number of hydrogen-bond donors (Lipinski definition) is 9. The fraction of sp³-hybridized carbons (Fsp3) is 0.738. The van der Waals surface area contributed by atoms with Crippen LogP contribution in [0.4, 0.5) is 0 Å². The molecule has 0 aromatic rings. The first kappa shape index (κ1) is 72.0. The zero-order chi connectivity index (χ0) is 57.4. The first-order chi connectivity index (χ1) is 38.6. The lowest BCUT2D eigenvalue weighted by molar-refractivity contribution is -0.359. The molecule has 9 N–H and O–H groups in total. The molecular weight excluding hydrogens is 1000 g/mol. The lowest BCUT2D eigenvalue weighted by Crippen LogP contribution is -2.65. The fourth-order valence-corrected chi connectivity index (χ4v) is 9.61. The van der Waals surface area contributed by atoms with Crippen LogP contribution in [0, 0.1) is 0 Å². The van der Waals surface area contributed by atoms with Crippen molar-refractivity contribution in [1.29, 1.82) is 0 Å². The molecule has 2 aliphatic rings. The van der Waals surface area contributed by atoms with Crippen LogP contribution < -0.4 is 5.32 Å². The second kappa shape index (κ2) is 49.5. The van der Waals surface area contributed by atoms with Gasteiger partial charge in [0.1, 0.15) is 48.8 Å². The summed E-state index contributed by atoms with van der Waals surface area (Å²) in [5, 5.41) is 87.2. The maximum absolute atomic E-state index is 13.3. The Hall–Kier alpha value is -3.09. The summed E-state index contributed by atoms with van der Waals surface area (Å²) in [6.07, 6.45) is 51.3. The van der Waals surface area contributed by atoms with Crippen molar-refractivity contribution in [3.8, 4) is 0 Å². The number of nitrogens with one attached hydrogen (secondary N) is 1. The van der Waals surface area contributed by atoms with Crippen molar-refractivity contribution in [2.75, 3.05) is 19.8 Å². The number of rotatable bonds is 48. The van der Waals surface area contributed by atoms with Crippen LogP contribution >= 0.6 is 0 Å². The van der Waals surface area contributed by atoms with Gasteiger partial charge in [-0.25, -0.2) is 0 Å². The summed E-state index contributed by atoms with van der Waals surface area (Å²) in [6, 6.07) is -0.839. The van der Waals surface area contributed by atoms with Gasteiger partial charge in [-0.05, 0) is 77.0 Å². The van der Waals surface area contributed by atoms with Gasteiger partial charge in [-0.2, -0.15) is 0 Å². The van der Waals surface area contributed by atoms with Crippen molar-refractivity contribution in [2.45, 2.75) is 286 Å². The van der Waals surface area contributed by atoms with Gasteiger partial charge in [-0.15, -0.1) is 0 Å². The Bertz CT molecular complexity index is 1690. The van der Waals surface area contributed by atoms with Crippen LogP contribution in [-0.4, -0.2) is 140 Å². The van der Waals surface area contributed by atoms with Crippen molar-refractivity contribution >= 4 is 5.91 Å². The van der Waals surface area contributed by atoms with Gasteiger partial charge < -0.3 is 65.1 Å². The van der Waals surface area contributed by atoms with E-state index in [0.29, 0.717) is 12.8 Å². The lowest BCUT2D eigenvalue weighted by Gasteiger charge is -2.46. The SMILES string of the molecule is CC/C=C\C/C=C\C/C=C\C/C=C\C/C=C\C/C=C\C/C=C\C/C=C\CCCCCCCCCCC(=O)NC(COC1OC(CO)C(OC2OC(CO)C(O)C(O)C2O)C(O)C1O)C(O)CCCCCCCCCCCCCC. The first-order valence-electron chi connectivity index (χ1n) is 31.0. The predicted octanol–water partition coefficient (Wildman–Crippen LogP) is 11.1. The number of carbonyl (C=O) groups is 1. The number of aliphatic hydroxyl groups is 8. The third kappa shape index (κ3) is 34.8. The first-order valence-corrected chi connectivity index (χ1v) is 31.0. The van der Waals surface area contributed by atoms with E-state index >= 15 is 0 Å². The molecule has 454 valence electrons. The van der Waals surface area contributed by atoms with Gasteiger partial charge in [-0.3, -0.25) is 4.79 Å². The number of aliphatic hydroxyl groups excluding tert-OH is 8. The van der Waals surface area contributed by atoms with Crippen LogP contribution in [0.25, 0.3) is 0 Å². The van der Waals surface area contributed by atoms with Gasteiger partial charge in [0.2, 0.25) is 5.91 Å². The molecule has 0 saturated carbocycles. The summed E-state index contributed by atoms with van der Waals surface area (Å²) in [4.78, 5) is 13.3. The van der Waals surface area contributed by atoms with Crippen LogP contribution in [0.2, 0.25) is 0 Å². The van der Waals surface area contributed by atoms with E-state index in [1.165, 1.54) is 77.0 Å². The highest BCUT2D eigenvalue weighted by Gasteiger charge is 2.51. The summed E-state index contributed by atoms with van der Waals surface area (Å²) >= 11 is 0. The minimum absolute atomic E-state index is 0.220. The third-order valence-corrected chi connectivity index (χ3v) is 14.6. The average Bonchev–Trinajstić information content (AvgIpc) is 3.49. The molecule has 0 aliphatic carbocycles. The lowest BCUT2D eigenvalue weighted by atomic mass is 9.97. The van der Waals surface area contributed by atoms with Crippen LogP contribution in [0.15, 0.2) is 97.2 Å². The molecule has 2 rings (SSSR count).